The first-order valence-electron chi connectivity index (χ1n) is 8.77. The number of hydrogen-bond donors (Lipinski definition) is 0. The van der Waals surface area contributed by atoms with Gasteiger partial charge in [-0.15, -0.1) is 0 Å². The monoisotopic (exact) mass is 342 g/mol. The average molecular weight is 342 g/mol. The maximum atomic E-state index is 13.0. The van der Waals surface area contributed by atoms with Gasteiger partial charge < -0.3 is 14.4 Å². The van der Waals surface area contributed by atoms with Gasteiger partial charge >= 0.3 is 0 Å². The molecule has 0 spiro atoms. The molecule has 0 bridgehead atoms. The fraction of sp³-hybridized carbons (Fsp3) is 0.500. The van der Waals surface area contributed by atoms with Crippen molar-refractivity contribution in [2.24, 2.45) is 0 Å². The summed E-state index contributed by atoms with van der Waals surface area (Å²) >= 11 is 0. The number of hydrogen-bond acceptors (Lipinski definition) is 5. The van der Waals surface area contributed by atoms with Crippen LogP contribution in [0.15, 0.2) is 36.9 Å². The summed E-state index contributed by atoms with van der Waals surface area (Å²) in [5.41, 5.74) is 1.78. The van der Waals surface area contributed by atoms with Crippen molar-refractivity contribution >= 4 is 5.91 Å². The SMILES string of the molecule is O=C(c1ccc(Cn2cncn2)cc1)N1CCCCC1C1OCCO1. The van der Waals surface area contributed by atoms with Gasteiger partial charge in [-0.1, -0.05) is 12.1 Å². The van der Waals surface area contributed by atoms with Gasteiger partial charge in [0.25, 0.3) is 5.91 Å². The van der Waals surface area contributed by atoms with Crippen LogP contribution in [0.2, 0.25) is 0 Å². The van der Waals surface area contributed by atoms with Crippen LogP contribution in [-0.2, 0) is 16.0 Å². The molecule has 1 amide bonds. The van der Waals surface area contributed by atoms with Gasteiger partial charge in [0.15, 0.2) is 6.29 Å². The van der Waals surface area contributed by atoms with E-state index in [2.05, 4.69) is 10.1 Å². The summed E-state index contributed by atoms with van der Waals surface area (Å²) in [6.45, 7) is 2.62. The van der Waals surface area contributed by atoms with Crippen LogP contribution < -0.4 is 0 Å². The lowest BCUT2D eigenvalue weighted by Crippen LogP contribution is -2.50. The molecule has 4 rings (SSSR count). The Kier molecular flexibility index (Phi) is 4.76. The smallest absolute Gasteiger partial charge is 0.254 e. The summed E-state index contributed by atoms with van der Waals surface area (Å²) in [4.78, 5) is 18.8. The molecule has 132 valence electrons. The Morgan fingerprint density at radius 3 is 2.68 bits per heavy atom. The molecular weight excluding hydrogens is 320 g/mol. The van der Waals surface area contributed by atoms with Crippen LogP contribution in [0.25, 0.3) is 0 Å². The summed E-state index contributed by atoms with van der Waals surface area (Å²) in [6.07, 6.45) is 5.98. The first-order chi connectivity index (χ1) is 12.3. The van der Waals surface area contributed by atoms with E-state index in [1.165, 1.54) is 6.33 Å². The average Bonchev–Trinajstić information content (AvgIpc) is 3.36. The number of piperidine rings is 1. The molecule has 1 aromatic heterocycles. The number of aromatic nitrogens is 3. The molecule has 7 heteroatoms. The molecule has 2 saturated heterocycles. The van der Waals surface area contributed by atoms with E-state index in [4.69, 9.17) is 9.47 Å². The van der Waals surface area contributed by atoms with Gasteiger partial charge in [0.2, 0.25) is 0 Å². The van der Waals surface area contributed by atoms with Crippen LogP contribution in [0.4, 0.5) is 0 Å². The van der Waals surface area contributed by atoms with E-state index in [1.807, 2.05) is 29.2 Å². The number of carbonyl (C=O) groups is 1. The largest absolute Gasteiger partial charge is 0.348 e. The zero-order chi connectivity index (χ0) is 17.1. The third-order valence-corrected chi connectivity index (χ3v) is 4.78. The Hall–Kier alpha value is -2.25. The quantitative estimate of drug-likeness (QED) is 0.846. The minimum atomic E-state index is -0.282. The topological polar surface area (TPSA) is 69.5 Å². The van der Waals surface area contributed by atoms with E-state index in [0.29, 0.717) is 25.3 Å². The van der Waals surface area contributed by atoms with Crippen LogP contribution in [0.1, 0.15) is 35.2 Å². The number of benzene rings is 1. The molecule has 2 aromatic rings. The summed E-state index contributed by atoms with van der Waals surface area (Å²) in [5, 5.41) is 4.10. The Morgan fingerprint density at radius 2 is 1.96 bits per heavy atom. The maximum absolute atomic E-state index is 13.0. The van der Waals surface area contributed by atoms with Crippen LogP contribution >= 0.6 is 0 Å². The molecule has 2 aliphatic heterocycles. The highest BCUT2D eigenvalue weighted by Gasteiger charge is 2.36. The van der Waals surface area contributed by atoms with Crippen LogP contribution in [0, 0.1) is 0 Å². The highest BCUT2D eigenvalue weighted by Crippen LogP contribution is 2.26. The molecule has 1 aromatic carbocycles. The summed E-state index contributed by atoms with van der Waals surface area (Å²) in [6, 6.07) is 7.72. The fourth-order valence-electron chi connectivity index (χ4n) is 3.51. The van der Waals surface area contributed by atoms with Crippen LogP contribution in [0.5, 0.6) is 0 Å². The number of carbonyl (C=O) groups excluding carboxylic acids is 1. The highest BCUT2D eigenvalue weighted by molar-refractivity contribution is 5.94. The highest BCUT2D eigenvalue weighted by atomic mass is 16.7. The van der Waals surface area contributed by atoms with E-state index >= 15 is 0 Å². The predicted molar refractivity (Wildman–Crippen MR) is 89.9 cm³/mol. The van der Waals surface area contributed by atoms with E-state index < -0.39 is 0 Å². The van der Waals surface area contributed by atoms with Gasteiger partial charge in [-0.25, -0.2) is 9.67 Å². The molecule has 2 aliphatic rings. The van der Waals surface area contributed by atoms with Crippen molar-refractivity contribution in [1.82, 2.24) is 19.7 Å². The Bertz CT molecular complexity index is 696. The number of ether oxygens (including phenoxy) is 2. The molecule has 1 atom stereocenters. The first kappa shape index (κ1) is 16.2. The van der Waals surface area contributed by atoms with Crippen molar-refractivity contribution in [3.8, 4) is 0 Å². The predicted octanol–water partition coefficient (Wildman–Crippen LogP) is 1.69. The second-order valence-electron chi connectivity index (χ2n) is 6.46. The molecular formula is C18H22N4O3. The van der Waals surface area contributed by atoms with Gasteiger partial charge in [0.05, 0.1) is 25.8 Å². The van der Waals surface area contributed by atoms with Gasteiger partial charge in [0.1, 0.15) is 12.7 Å². The maximum Gasteiger partial charge on any atom is 0.254 e. The van der Waals surface area contributed by atoms with Crippen molar-refractivity contribution in [3.63, 3.8) is 0 Å². The fourth-order valence-corrected chi connectivity index (χ4v) is 3.51. The van der Waals surface area contributed by atoms with Crippen molar-refractivity contribution in [2.45, 2.75) is 38.1 Å². The molecule has 2 fully saturated rings. The zero-order valence-corrected chi connectivity index (χ0v) is 14.1. The molecule has 0 aliphatic carbocycles. The summed E-state index contributed by atoms with van der Waals surface area (Å²) in [7, 11) is 0. The second kappa shape index (κ2) is 7.33. The Balaban J connectivity index is 1.47. The molecule has 25 heavy (non-hydrogen) atoms. The first-order valence-corrected chi connectivity index (χ1v) is 8.77. The third-order valence-electron chi connectivity index (χ3n) is 4.78. The molecule has 0 N–H and O–H groups in total. The van der Waals surface area contributed by atoms with Gasteiger partial charge in [0, 0.05) is 12.1 Å². The minimum absolute atomic E-state index is 0.0126. The zero-order valence-electron chi connectivity index (χ0n) is 14.1. The van der Waals surface area contributed by atoms with E-state index in [9.17, 15) is 4.79 Å². The lowest BCUT2D eigenvalue weighted by atomic mass is 10.00. The van der Waals surface area contributed by atoms with Crippen molar-refractivity contribution in [3.05, 3.63) is 48.0 Å². The van der Waals surface area contributed by atoms with Crippen LogP contribution in [-0.4, -0.2) is 57.7 Å². The lowest BCUT2D eigenvalue weighted by Gasteiger charge is -2.38. The van der Waals surface area contributed by atoms with E-state index in [0.717, 1.165) is 31.4 Å². The number of likely N-dealkylation sites (tertiary alicyclic amines) is 1. The molecule has 0 radical (unpaired) electrons. The molecule has 0 saturated carbocycles. The Morgan fingerprint density at radius 1 is 1.16 bits per heavy atom. The van der Waals surface area contributed by atoms with Gasteiger partial charge in [-0.3, -0.25) is 4.79 Å². The van der Waals surface area contributed by atoms with Gasteiger partial charge in [-0.05, 0) is 37.0 Å². The third kappa shape index (κ3) is 3.57. The normalized spacial score (nSPS) is 21.6. The molecule has 3 heterocycles. The van der Waals surface area contributed by atoms with Gasteiger partial charge in [-0.2, -0.15) is 5.10 Å². The van der Waals surface area contributed by atoms with Crippen LogP contribution in [0.3, 0.4) is 0 Å². The summed E-state index contributed by atoms with van der Waals surface area (Å²) in [5.74, 6) is 0.0519. The second-order valence-corrected chi connectivity index (χ2v) is 6.46. The van der Waals surface area contributed by atoms with Crippen molar-refractivity contribution in [2.75, 3.05) is 19.8 Å². The standard InChI is InChI=1S/C18H22N4O3/c23-17(22-8-2-1-3-16(22)18-24-9-10-25-18)15-6-4-14(5-7-15)11-21-13-19-12-20-21/h4-7,12-13,16,18H,1-3,8-11H2. The van der Waals surface area contributed by atoms with Crippen molar-refractivity contribution in [1.29, 1.82) is 0 Å². The number of nitrogens with zero attached hydrogens (tertiary/aromatic N) is 4. The molecule has 7 nitrogen and oxygen atoms in total. The lowest BCUT2D eigenvalue weighted by molar-refractivity contribution is -0.100. The molecule has 1 unspecified atom stereocenters. The Labute approximate surface area is 146 Å². The minimum Gasteiger partial charge on any atom is -0.348 e. The van der Waals surface area contributed by atoms with Crippen molar-refractivity contribution < 1.29 is 14.3 Å². The van der Waals surface area contributed by atoms with E-state index in [1.54, 1.807) is 11.0 Å². The number of rotatable bonds is 4. The number of amides is 1. The summed E-state index contributed by atoms with van der Waals surface area (Å²) < 4.78 is 13.1. The van der Waals surface area contributed by atoms with E-state index in [-0.39, 0.29) is 18.2 Å².